The first kappa shape index (κ1) is 22.8. The molecule has 0 aliphatic rings. The van der Waals surface area contributed by atoms with Gasteiger partial charge in [0.15, 0.2) is 0 Å². The van der Waals surface area contributed by atoms with E-state index in [2.05, 4.69) is 31.9 Å². The highest BCUT2D eigenvalue weighted by atomic mass is 79.9. The average Bonchev–Trinajstić information content (AvgIpc) is 2.80. The second-order valence-corrected chi connectivity index (χ2v) is 9.13. The predicted octanol–water partition coefficient (Wildman–Crippen LogP) is 7.95. The smallest absolute Gasteiger partial charge is 0.258 e. The topological polar surface area (TPSA) is 86.3 Å². The molecule has 4 aromatic carbocycles. The van der Waals surface area contributed by atoms with Gasteiger partial charge in [-0.1, -0.05) is 60.7 Å². The Hall–Kier alpha value is -3.36. The van der Waals surface area contributed by atoms with E-state index in [1.54, 1.807) is 24.3 Å². The number of rotatable bonds is 6. The Kier molecular flexibility index (Phi) is 6.67. The molecule has 164 valence electrons. The molecule has 33 heavy (non-hydrogen) atoms. The van der Waals surface area contributed by atoms with Crippen LogP contribution in [0.2, 0.25) is 0 Å². The number of nitro benzene ring substituents is 2. The molecular formula is C25H16Br2N2O4. The standard InChI is InChI=1S/C25H16Br2N2O4/c26-22-11-9-20(14-24(22)28(30)31)18-5-1-16(2-6-18)13-17-3-7-19(8-4-17)21-10-12-23(27)25(15-21)29(32)33/h1-12,14-15H,13H2. The largest absolute Gasteiger partial charge is 0.284 e. The first-order chi connectivity index (χ1) is 15.8. The molecule has 0 N–H and O–H groups in total. The first-order valence-electron chi connectivity index (χ1n) is 9.88. The maximum Gasteiger partial charge on any atom is 0.284 e. The van der Waals surface area contributed by atoms with E-state index in [0.29, 0.717) is 8.95 Å². The quantitative estimate of drug-likeness (QED) is 0.175. The molecule has 0 unspecified atom stereocenters. The molecular weight excluding hydrogens is 552 g/mol. The Balaban J connectivity index is 1.50. The van der Waals surface area contributed by atoms with Gasteiger partial charge in [0.05, 0.1) is 18.8 Å². The zero-order valence-electron chi connectivity index (χ0n) is 17.1. The summed E-state index contributed by atoms with van der Waals surface area (Å²) < 4.78 is 0.906. The van der Waals surface area contributed by atoms with Crippen LogP contribution in [0, 0.1) is 20.2 Å². The molecule has 0 radical (unpaired) electrons. The fourth-order valence-electron chi connectivity index (χ4n) is 3.53. The number of hydrogen-bond donors (Lipinski definition) is 0. The number of halogens is 2. The maximum atomic E-state index is 11.2. The Morgan fingerprint density at radius 2 is 0.879 bits per heavy atom. The van der Waals surface area contributed by atoms with Crippen molar-refractivity contribution in [2.24, 2.45) is 0 Å². The molecule has 0 saturated heterocycles. The normalized spacial score (nSPS) is 10.7. The van der Waals surface area contributed by atoms with E-state index in [0.717, 1.165) is 39.8 Å². The molecule has 0 fully saturated rings. The van der Waals surface area contributed by atoms with Gasteiger partial charge in [0, 0.05) is 12.1 Å². The number of nitro groups is 2. The highest BCUT2D eigenvalue weighted by Gasteiger charge is 2.14. The van der Waals surface area contributed by atoms with Crippen molar-refractivity contribution in [2.45, 2.75) is 6.42 Å². The SMILES string of the molecule is O=[N+]([O-])c1cc(-c2ccc(Cc3ccc(-c4ccc(Br)c([N+](=O)[O-])c4)cc3)cc2)ccc1Br. The molecule has 0 saturated carbocycles. The molecule has 0 aromatic heterocycles. The van der Waals surface area contributed by atoms with Crippen molar-refractivity contribution in [1.82, 2.24) is 0 Å². The molecule has 0 bridgehead atoms. The van der Waals surface area contributed by atoms with Crippen LogP contribution in [0.4, 0.5) is 11.4 Å². The summed E-state index contributed by atoms with van der Waals surface area (Å²) in [4.78, 5) is 21.6. The third-order valence-electron chi connectivity index (χ3n) is 5.27. The minimum Gasteiger partial charge on any atom is -0.258 e. The minimum absolute atomic E-state index is 0.0350. The Bertz CT molecular complexity index is 1250. The number of nitrogens with zero attached hydrogens (tertiary/aromatic N) is 2. The highest BCUT2D eigenvalue weighted by Crippen LogP contribution is 2.32. The summed E-state index contributed by atoms with van der Waals surface area (Å²) in [7, 11) is 0. The van der Waals surface area contributed by atoms with Crippen molar-refractivity contribution in [2.75, 3.05) is 0 Å². The lowest BCUT2D eigenvalue weighted by Gasteiger charge is -2.07. The summed E-state index contributed by atoms with van der Waals surface area (Å²) in [6.07, 6.45) is 0.724. The van der Waals surface area contributed by atoms with Crippen molar-refractivity contribution >= 4 is 43.2 Å². The van der Waals surface area contributed by atoms with Gasteiger partial charge >= 0.3 is 0 Å². The van der Waals surface area contributed by atoms with Crippen LogP contribution in [-0.4, -0.2) is 9.85 Å². The molecule has 4 rings (SSSR count). The Morgan fingerprint density at radius 3 is 1.21 bits per heavy atom. The average molecular weight is 568 g/mol. The second-order valence-electron chi connectivity index (χ2n) is 7.42. The lowest BCUT2D eigenvalue weighted by Crippen LogP contribution is -1.92. The van der Waals surface area contributed by atoms with Crippen molar-refractivity contribution in [3.8, 4) is 22.3 Å². The summed E-state index contributed by atoms with van der Waals surface area (Å²) in [5, 5.41) is 22.4. The zero-order chi connectivity index (χ0) is 23.5. The minimum atomic E-state index is -0.405. The van der Waals surface area contributed by atoms with Gasteiger partial charge in [-0.2, -0.15) is 0 Å². The van der Waals surface area contributed by atoms with Crippen LogP contribution < -0.4 is 0 Å². The van der Waals surface area contributed by atoms with Gasteiger partial charge in [-0.05, 0) is 83.8 Å². The molecule has 0 heterocycles. The van der Waals surface area contributed by atoms with Crippen LogP contribution >= 0.6 is 31.9 Å². The van der Waals surface area contributed by atoms with Crippen molar-refractivity contribution in [1.29, 1.82) is 0 Å². The van der Waals surface area contributed by atoms with Gasteiger partial charge in [0.25, 0.3) is 11.4 Å². The lowest BCUT2D eigenvalue weighted by atomic mass is 9.98. The van der Waals surface area contributed by atoms with Gasteiger partial charge < -0.3 is 0 Å². The second kappa shape index (κ2) is 9.64. The van der Waals surface area contributed by atoms with E-state index in [9.17, 15) is 20.2 Å². The van der Waals surface area contributed by atoms with E-state index in [1.165, 1.54) is 0 Å². The molecule has 0 atom stereocenters. The fourth-order valence-corrected chi connectivity index (χ4v) is 4.31. The molecule has 6 nitrogen and oxygen atoms in total. The van der Waals surface area contributed by atoms with E-state index in [1.807, 2.05) is 60.7 Å². The highest BCUT2D eigenvalue weighted by molar-refractivity contribution is 9.11. The maximum absolute atomic E-state index is 11.2. The summed E-state index contributed by atoms with van der Waals surface area (Å²) in [5.74, 6) is 0. The fraction of sp³-hybridized carbons (Fsp3) is 0.0400. The molecule has 4 aromatic rings. The third kappa shape index (κ3) is 5.18. The van der Waals surface area contributed by atoms with Crippen LogP contribution in [0.5, 0.6) is 0 Å². The predicted molar refractivity (Wildman–Crippen MR) is 135 cm³/mol. The lowest BCUT2D eigenvalue weighted by molar-refractivity contribution is -0.385. The van der Waals surface area contributed by atoms with Gasteiger partial charge in [-0.3, -0.25) is 20.2 Å². The van der Waals surface area contributed by atoms with Crippen molar-refractivity contribution in [3.63, 3.8) is 0 Å². The summed E-state index contributed by atoms with van der Waals surface area (Å²) in [6, 6.07) is 26.0. The van der Waals surface area contributed by atoms with Crippen LogP contribution in [0.1, 0.15) is 11.1 Å². The van der Waals surface area contributed by atoms with Gasteiger partial charge in [-0.25, -0.2) is 0 Å². The molecule has 0 amide bonds. The van der Waals surface area contributed by atoms with E-state index in [-0.39, 0.29) is 11.4 Å². The number of benzene rings is 4. The number of hydrogen-bond acceptors (Lipinski definition) is 4. The molecule has 8 heteroatoms. The molecule has 0 aliphatic heterocycles. The van der Waals surface area contributed by atoms with Crippen molar-refractivity contribution in [3.05, 3.63) is 125 Å². The van der Waals surface area contributed by atoms with Gasteiger partial charge in [0.2, 0.25) is 0 Å². The summed E-state index contributed by atoms with van der Waals surface area (Å²) >= 11 is 6.42. The third-order valence-corrected chi connectivity index (χ3v) is 6.61. The summed E-state index contributed by atoms with van der Waals surface area (Å²) in [5.41, 5.74) is 5.66. The van der Waals surface area contributed by atoms with Gasteiger partial charge in [0.1, 0.15) is 0 Å². The zero-order valence-corrected chi connectivity index (χ0v) is 20.2. The van der Waals surface area contributed by atoms with Crippen LogP contribution in [0.3, 0.4) is 0 Å². The molecule has 0 spiro atoms. The molecule has 0 aliphatic carbocycles. The Labute approximate surface area is 206 Å². The van der Waals surface area contributed by atoms with Gasteiger partial charge in [-0.15, -0.1) is 0 Å². The first-order valence-corrected chi connectivity index (χ1v) is 11.5. The van der Waals surface area contributed by atoms with E-state index in [4.69, 9.17) is 0 Å². The monoisotopic (exact) mass is 566 g/mol. The van der Waals surface area contributed by atoms with Crippen LogP contribution in [0.15, 0.2) is 93.9 Å². The van der Waals surface area contributed by atoms with Crippen LogP contribution in [0.25, 0.3) is 22.3 Å². The van der Waals surface area contributed by atoms with E-state index >= 15 is 0 Å². The van der Waals surface area contributed by atoms with Crippen molar-refractivity contribution < 1.29 is 9.85 Å². The van der Waals surface area contributed by atoms with E-state index < -0.39 is 9.85 Å². The van der Waals surface area contributed by atoms with Crippen LogP contribution in [-0.2, 0) is 6.42 Å². The summed E-state index contributed by atoms with van der Waals surface area (Å²) in [6.45, 7) is 0. The Morgan fingerprint density at radius 1 is 0.545 bits per heavy atom.